The summed E-state index contributed by atoms with van der Waals surface area (Å²) in [5.41, 5.74) is 2.13. The number of halogens is 1. The number of hydrogen-bond donors (Lipinski definition) is 2. The number of rotatable bonds is 7. The quantitative estimate of drug-likeness (QED) is 0.626. The van der Waals surface area contributed by atoms with Crippen molar-refractivity contribution in [3.05, 3.63) is 53.7 Å². The van der Waals surface area contributed by atoms with Gasteiger partial charge in [-0.05, 0) is 12.0 Å². The van der Waals surface area contributed by atoms with E-state index in [2.05, 4.69) is 56.9 Å². The fraction of sp³-hybridized carbons (Fsp3) is 0.278. The molecule has 0 aliphatic rings. The summed E-state index contributed by atoms with van der Waals surface area (Å²) in [7, 11) is 0. The smallest absolute Gasteiger partial charge is 0.224 e. The van der Waals surface area contributed by atoms with E-state index in [1.54, 1.807) is 17.5 Å². The lowest BCUT2D eigenvalue weighted by Gasteiger charge is -2.09. The van der Waals surface area contributed by atoms with Crippen LogP contribution in [0, 0.1) is 5.92 Å². The zero-order valence-electron chi connectivity index (χ0n) is 14.3. The van der Waals surface area contributed by atoms with Crippen molar-refractivity contribution in [3.8, 4) is 10.6 Å². The van der Waals surface area contributed by atoms with Crippen molar-refractivity contribution < 1.29 is 0 Å². The van der Waals surface area contributed by atoms with Crippen LogP contribution in [-0.2, 0) is 6.54 Å². The number of thiazole rings is 1. The molecule has 25 heavy (non-hydrogen) atoms. The molecular formula is C18H22ClN5S. The Morgan fingerprint density at radius 1 is 1.04 bits per heavy atom. The molecule has 0 aliphatic heterocycles. The van der Waals surface area contributed by atoms with Gasteiger partial charge in [-0.25, -0.2) is 9.97 Å². The Bertz CT molecular complexity index is 776. The fourth-order valence-corrected chi connectivity index (χ4v) is 2.95. The molecule has 132 valence electrons. The number of nitrogens with one attached hydrogen (secondary N) is 2. The summed E-state index contributed by atoms with van der Waals surface area (Å²) in [5, 5.41) is 9.63. The summed E-state index contributed by atoms with van der Waals surface area (Å²) < 4.78 is 0. The Morgan fingerprint density at radius 2 is 1.84 bits per heavy atom. The average Bonchev–Trinajstić information content (AvgIpc) is 3.08. The molecule has 1 aromatic carbocycles. The number of anilines is 2. The molecule has 3 aromatic rings. The molecule has 0 atom stereocenters. The van der Waals surface area contributed by atoms with E-state index >= 15 is 0 Å². The topological polar surface area (TPSA) is 62.7 Å². The van der Waals surface area contributed by atoms with Gasteiger partial charge in [-0.3, -0.25) is 0 Å². The highest BCUT2D eigenvalue weighted by atomic mass is 35.5. The van der Waals surface area contributed by atoms with Crippen LogP contribution in [0.1, 0.15) is 19.5 Å². The maximum absolute atomic E-state index is 4.66. The van der Waals surface area contributed by atoms with Crippen LogP contribution in [0.25, 0.3) is 10.6 Å². The van der Waals surface area contributed by atoms with Gasteiger partial charge in [0, 0.05) is 23.7 Å². The van der Waals surface area contributed by atoms with Gasteiger partial charge in [0.1, 0.15) is 10.8 Å². The van der Waals surface area contributed by atoms with Crippen LogP contribution in [0.3, 0.4) is 0 Å². The number of benzene rings is 1. The zero-order valence-corrected chi connectivity index (χ0v) is 15.9. The maximum Gasteiger partial charge on any atom is 0.224 e. The van der Waals surface area contributed by atoms with Gasteiger partial charge in [-0.2, -0.15) is 4.98 Å². The molecule has 0 amide bonds. The molecule has 3 rings (SSSR count). The van der Waals surface area contributed by atoms with Crippen LogP contribution in [-0.4, -0.2) is 21.5 Å². The summed E-state index contributed by atoms with van der Waals surface area (Å²) in [6.45, 7) is 5.83. The minimum atomic E-state index is 0. The van der Waals surface area contributed by atoms with Crippen molar-refractivity contribution in [2.45, 2.75) is 20.4 Å². The van der Waals surface area contributed by atoms with E-state index in [1.165, 1.54) is 0 Å². The van der Waals surface area contributed by atoms with Gasteiger partial charge in [0.15, 0.2) is 0 Å². The minimum absolute atomic E-state index is 0. The number of aromatic nitrogens is 3. The van der Waals surface area contributed by atoms with Crippen LogP contribution in [0.4, 0.5) is 11.8 Å². The van der Waals surface area contributed by atoms with Gasteiger partial charge in [0.2, 0.25) is 5.95 Å². The van der Waals surface area contributed by atoms with Gasteiger partial charge in [-0.15, -0.1) is 23.7 Å². The third-order valence-corrected chi connectivity index (χ3v) is 4.29. The molecule has 2 aromatic heterocycles. The Balaban J connectivity index is 0.00000225. The summed E-state index contributed by atoms with van der Waals surface area (Å²) in [4.78, 5) is 13.4. The first kappa shape index (κ1) is 19.1. The van der Waals surface area contributed by atoms with Crippen LogP contribution in [0.2, 0.25) is 0 Å². The monoisotopic (exact) mass is 375 g/mol. The second kappa shape index (κ2) is 9.34. The summed E-state index contributed by atoms with van der Waals surface area (Å²) >= 11 is 1.65. The molecule has 0 radical (unpaired) electrons. The molecule has 0 saturated heterocycles. The first-order chi connectivity index (χ1) is 11.7. The van der Waals surface area contributed by atoms with E-state index in [0.29, 0.717) is 18.4 Å². The lowest BCUT2D eigenvalue weighted by Crippen LogP contribution is -2.11. The van der Waals surface area contributed by atoms with Crippen molar-refractivity contribution in [1.29, 1.82) is 0 Å². The molecule has 0 bridgehead atoms. The van der Waals surface area contributed by atoms with Crippen LogP contribution in [0.15, 0.2) is 48.0 Å². The van der Waals surface area contributed by atoms with Crippen LogP contribution >= 0.6 is 23.7 Å². The van der Waals surface area contributed by atoms with Crippen LogP contribution < -0.4 is 10.6 Å². The van der Waals surface area contributed by atoms with E-state index in [0.717, 1.165) is 28.6 Å². The van der Waals surface area contributed by atoms with Gasteiger partial charge in [0.05, 0.1) is 12.2 Å². The molecule has 2 N–H and O–H groups in total. The Morgan fingerprint density at radius 3 is 2.60 bits per heavy atom. The highest BCUT2D eigenvalue weighted by Gasteiger charge is 2.05. The molecule has 5 nitrogen and oxygen atoms in total. The Hall–Kier alpha value is -2.18. The van der Waals surface area contributed by atoms with Crippen LogP contribution in [0.5, 0.6) is 0 Å². The molecule has 0 spiro atoms. The molecule has 0 saturated carbocycles. The van der Waals surface area contributed by atoms with Crippen molar-refractivity contribution in [3.63, 3.8) is 0 Å². The zero-order chi connectivity index (χ0) is 16.8. The van der Waals surface area contributed by atoms with Crippen molar-refractivity contribution in [2.75, 3.05) is 17.2 Å². The largest absolute Gasteiger partial charge is 0.370 e. The molecular weight excluding hydrogens is 354 g/mol. The Labute approximate surface area is 158 Å². The van der Waals surface area contributed by atoms with Gasteiger partial charge in [0.25, 0.3) is 0 Å². The Kier molecular flexibility index (Phi) is 7.16. The van der Waals surface area contributed by atoms with Crippen molar-refractivity contribution in [2.24, 2.45) is 5.92 Å². The molecule has 0 unspecified atom stereocenters. The van der Waals surface area contributed by atoms with Crippen molar-refractivity contribution in [1.82, 2.24) is 15.0 Å². The average molecular weight is 376 g/mol. The van der Waals surface area contributed by atoms with Crippen molar-refractivity contribution >= 4 is 35.5 Å². The lowest BCUT2D eigenvalue weighted by atomic mass is 10.2. The van der Waals surface area contributed by atoms with E-state index in [1.807, 2.05) is 24.3 Å². The normalized spacial score (nSPS) is 10.4. The standard InChI is InChI=1S/C18H21N5S.ClH/c1-13(2)10-20-16-8-9-19-18(23-16)21-11-15-12-24-17(22-15)14-6-4-3-5-7-14;/h3-9,12-13H,10-11H2,1-2H3,(H2,19,20,21,23);1H. The molecule has 7 heteroatoms. The van der Waals surface area contributed by atoms with Gasteiger partial charge < -0.3 is 10.6 Å². The van der Waals surface area contributed by atoms with E-state index in [9.17, 15) is 0 Å². The third kappa shape index (κ3) is 5.69. The molecule has 0 aliphatic carbocycles. The summed E-state index contributed by atoms with van der Waals surface area (Å²) in [6.07, 6.45) is 1.76. The molecule has 0 fully saturated rings. The lowest BCUT2D eigenvalue weighted by molar-refractivity contribution is 0.687. The molecule has 2 heterocycles. The maximum atomic E-state index is 4.66. The first-order valence-corrected chi connectivity index (χ1v) is 8.89. The highest BCUT2D eigenvalue weighted by Crippen LogP contribution is 2.23. The van der Waals surface area contributed by atoms with E-state index < -0.39 is 0 Å². The summed E-state index contributed by atoms with van der Waals surface area (Å²) in [5.74, 6) is 2.02. The van der Waals surface area contributed by atoms with Gasteiger partial charge >= 0.3 is 0 Å². The predicted molar refractivity (Wildman–Crippen MR) is 107 cm³/mol. The fourth-order valence-electron chi connectivity index (χ4n) is 2.12. The highest BCUT2D eigenvalue weighted by molar-refractivity contribution is 7.13. The minimum Gasteiger partial charge on any atom is -0.370 e. The second-order valence-corrected chi connectivity index (χ2v) is 6.76. The van der Waals surface area contributed by atoms with E-state index in [4.69, 9.17) is 0 Å². The second-order valence-electron chi connectivity index (χ2n) is 5.90. The van der Waals surface area contributed by atoms with Gasteiger partial charge in [-0.1, -0.05) is 44.2 Å². The van der Waals surface area contributed by atoms with E-state index in [-0.39, 0.29) is 12.4 Å². The third-order valence-electron chi connectivity index (χ3n) is 3.35. The number of nitrogens with zero attached hydrogens (tertiary/aromatic N) is 3. The number of hydrogen-bond acceptors (Lipinski definition) is 6. The SMILES string of the molecule is CC(C)CNc1ccnc(NCc2csc(-c3ccccc3)n2)n1.Cl. The first-order valence-electron chi connectivity index (χ1n) is 8.01. The predicted octanol–water partition coefficient (Wildman–Crippen LogP) is 4.70. The summed E-state index contributed by atoms with van der Waals surface area (Å²) in [6, 6.07) is 12.1.